The first-order valence-electron chi connectivity index (χ1n) is 6.60. The first kappa shape index (κ1) is 14.7. The van der Waals surface area contributed by atoms with Crippen molar-refractivity contribution in [1.82, 2.24) is 14.9 Å². The van der Waals surface area contributed by atoms with E-state index < -0.39 is 0 Å². The Bertz CT molecular complexity index is 551. The largest absolute Gasteiger partial charge is 0.493 e. The number of nitrogens with two attached hydrogens (primary N) is 1. The van der Waals surface area contributed by atoms with Gasteiger partial charge in [0.15, 0.2) is 5.82 Å². The van der Waals surface area contributed by atoms with Crippen LogP contribution in [0.1, 0.15) is 31.2 Å². The maximum Gasteiger partial charge on any atom is 0.209 e. The highest BCUT2D eigenvalue weighted by Crippen LogP contribution is 2.19. The van der Waals surface area contributed by atoms with Gasteiger partial charge in [-0.15, -0.1) is 10.2 Å². The molecule has 1 heterocycles. The van der Waals surface area contributed by atoms with E-state index >= 15 is 0 Å². The van der Waals surface area contributed by atoms with Gasteiger partial charge in [0.1, 0.15) is 5.75 Å². The molecule has 0 saturated carbocycles. The molecule has 108 valence electrons. The van der Waals surface area contributed by atoms with E-state index in [0.717, 1.165) is 22.5 Å². The Morgan fingerprint density at radius 2 is 1.95 bits per heavy atom. The zero-order chi connectivity index (χ0) is 14.5. The molecule has 0 radical (unpaired) electrons. The van der Waals surface area contributed by atoms with Crippen molar-refractivity contribution in [3.63, 3.8) is 0 Å². The number of aromatic nitrogens is 3. The van der Waals surface area contributed by atoms with E-state index in [2.05, 4.69) is 17.1 Å². The predicted octanol–water partition coefficient (Wildman–Crippen LogP) is 2.59. The lowest BCUT2D eigenvalue weighted by atomic mass is 10.2. The highest BCUT2D eigenvalue weighted by Gasteiger charge is 2.12. The minimum atomic E-state index is 0.269. The Morgan fingerprint density at radius 3 is 2.55 bits per heavy atom. The summed E-state index contributed by atoms with van der Waals surface area (Å²) in [6.07, 6.45) is 0. The minimum absolute atomic E-state index is 0.269. The van der Waals surface area contributed by atoms with Crippen LogP contribution in [0.25, 0.3) is 0 Å². The molecular formula is C14H20N4OS. The Kier molecular flexibility index (Phi) is 4.89. The number of hydrogen-bond acceptors (Lipinski definition) is 5. The van der Waals surface area contributed by atoms with Crippen LogP contribution in [-0.4, -0.2) is 27.2 Å². The smallest absolute Gasteiger partial charge is 0.209 e. The number of thioether (sulfide) groups is 1. The standard InChI is InChI=1S/C14H20N4OS/c1-10(2)13-16-17-14(18(13)15)20-9-8-19-12-6-4-11(3)5-7-12/h4-7,10H,8-9,15H2,1-3H3. The number of ether oxygens (including phenoxy) is 1. The SMILES string of the molecule is Cc1ccc(OCCSc2nnc(C(C)C)n2N)cc1. The summed E-state index contributed by atoms with van der Waals surface area (Å²) < 4.78 is 7.21. The lowest BCUT2D eigenvalue weighted by Gasteiger charge is -2.07. The zero-order valence-corrected chi connectivity index (χ0v) is 12.9. The third kappa shape index (κ3) is 3.66. The van der Waals surface area contributed by atoms with Gasteiger partial charge < -0.3 is 10.6 Å². The Morgan fingerprint density at radius 1 is 1.25 bits per heavy atom. The van der Waals surface area contributed by atoms with Crippen molar-refractivity contribution < 1.29 is 4.74 Å². The first-order valence-corrected chi connectivity index (χ1v) is 7.59. The molecule has 0 fully saturated rings. The monoisotopic (exact) mass is 292 g/mol. The van der Waals surface area contributed by atoms with E-state index in [4.69, 9.17) is 10.6 Å². The van der Waals surface area contributed by atoms with Crippen LogP contribution in [0.4, 0.5) is 0 Å². The van der Waals surface area contributed by atoms with Crippen molar-refractivity contribution >= 4 is 11.8 Å². The second-order valence-electron chi connectivity index (χ2n) is 4.88. The minimum Gasteiger partial charge on any atom is -0.493 e. The molecule has 2 N–H and O–H groups in total. The Labute approximate surface area is 123 Å². The molecule has 0 aliphatic carbocycles. The maximum atomic E-state index is 5.94. The van der Waals surface area contributed by atoms with Gasteiger partial charge >= 0.3 is 0 Å². The van der Waals surface area contributed by atoms with Gasteiger partial charge in [-0.1, -0.05) is 43.3 Å². The molecule has 0 unspecified atom stereocenters. The fraction of sp³-hybridized carbons (Fsp3) is 0.429. The number of hydrogen-bond donors (Lipinski definition) is 1. The number of rotatable bonds is 6. The molecule has 1 aromatic heterocycles. The average molecular weight is 292 g/mol. The maximum absolute atomic E-state index is 5.94. The second-order valence-corrected chi connectivity index (χ2v) is 5.94. The summed E-state index contributed by atoms with van der Waals surface area (Å²) in [6, 6.07) is 8.02. The van der Waals surface area contributed by atoms with Gasteiger partial charge in [-0.3, -0.25) is 0 Å². The number of benzene rings is 1. The summed E-state index contributed by atoms with van der Waals surface area (Å²) in [5.41, 5.74) is 1.23. The van der Waals surface area contributed by atoms with E-state index in [-0.39, 0.29) is 5.92 Å². The zero-order valence-electron chi connectivity index (χ0n) is 12.0. The summed E-state index contributed by atoms with van der Waals surface area (Å²) in [5, 5.41) is 8.90. The summed E-state index contributed by atoms with van der Waals surface area (Å²) in [7, 11) is 0. The van der Waals surface area contributed by atoms with Gasteiger partial charge in [-0.2, -0.15) is 0 Å². The molecule has 0 saturated heterocycles. The van der Waals surface area contributed by atoms with E-state index in [9.17, 15) is 0 Å². The molecule has 6 heteroatoms. The predicted molar refractivity (Wildman–Crippen MR) is 81.7 cm³/mol. The van der Waals surface area contributed by atoms with Crippen molar-refractivity contribution in [2.45, 2.75) is 31.8 Å². The van der Waals surface area contributed by atoms with Crippen LogP contribution < -0.4 is 10.6 Å². The normalized spacial score (nSPS) is 11.0. The summed E-state index contributed by atoms with van der Waals surface area (Å²) in [4.78, 5) is 0. The van der Waals surface area contributed by atoms with Crippen LogP contribution in [0.15, 0.2) is 29.4 Å². The first-order chi connectivity index (χ1) is 9.58. The van der Waals surface area contributed by atoms with E-state index in [0.29, 0.717) is 6.61 Å². The van der Waals surface area contributed by atoms with Gasteiger partial charge in [-0.25, -0.2) is 4.68 Å². The Balaban J connectivity index is 1.80. The number of nitrogen functional groups attached to an aromatic ring is 1. The molecule has 0 amide bonds. The quantitative estimate of drug-likeness (QED) is 0.503. The lowest BCUT2D eigenvalue weighted by molar-refractivity contribution is 0.344. The van der Waals surface area contributed by atoms with Crippen LogP contribution in [-0.2, 0) is 0 Å². The molecule has 0 atom stereocenters. The highest BCUT2D eigenvalue weighted by molar-refractivity contribution is 7.99. The summed E-state index contributed by atoms with van der Waals surface area (Å²) in [6.45, 7) is 6.75. The van der Waals surface area contributed by atoms with E-state index in [1.807, 2.05) is 38.1 Å². The molecule has 0 aliphatic heterocycles. The van der Waals surface area contributed by atoms with E-state index in [1.54, 1.807) is 16.4 Å². The van der Waals surface area contributed by atoms with Crippen molar-refractivity contribution in [2.24, 2.45) is 0 Å². The molecule has 0 aliphatic rings. The van der Waals surface area contributed by atoms with Crippen LogP contribution in [0.2, 0.25) is 0 Å². The Hall–Kier alpha value is -1.69. The van der Waals surface area contributed by atoms with Crippen LogP contribution >= 0.6 is 11.8 Å². The fourth-order valence-corrected chi connectivity index (χ4v) is 2.39. The number of nitrogens with zero attached hydrogens (tertiary/aromatic N) is 3. The third-order valence-corrected chi connectivity index (χ3v) is 3.72. The second kappa shape index (κ2) is 6.65. The summed E-state index contributed by atoms with van der Waals surface area (Å²) >= 11 is 1.55. The average Bonchev–Trinajstić information content (AvgIpc) is 2.78. The molecule has 2 rings (SSSR count). The molecule has 20 heavy (non-hydrogen) atoms. The van der Waals surface area contributed by atoms with Crippen LogP contribution in [0, 0.1) is 6.92 Å². The molecule has 1 aromatic carbocycles. The van der Waals surface area contributed by atoms with Crippen molar-refractivity contribution in [2.75, 3.05) is 18.2 Å². The highest BCUT2D eigenvalue weighted by atomic mass is 32.2. The molecule has 2 aromatic rings. The fourth-order valence-electron chi connectivity index (χ4n) is 1.71. The third-order valence-electron chi connectivity index (χ3n) is 2.81. The van der Waals surface area contributed by atoms with Gasteiger partial charge in [0.2, 0.25) is 5.16 Å². The van der Waals surface area contributed by atoms with Gasteiger partial charge in [-0.05, 0) is 19.1 Å². The van der Waals surface area contributed by atoms with Crippen LogP contribution in [0.3, 0.4) is 0 Å². The lowest BCUT2D eigenvalue weighted by Crippen LogP contribution is -2.15. The topological polar surface area (TPSA) is 66.0 Å². The molecular weight excluding hydrogens is 272 g/mol. The van der Waals surface area contributed by atoms with Crippen molar-refractivity contribution in [1.29, 1.82) is 0 Å². The van der Waals surface area contributed by atoms with Gasteiger partial charge in [0.25, 0.3) is 0 Å². The van der Waals surface area contributed by atoms with Crippen LogP contribution in [0.5, 0.6) is 5.75 Å². The molecule has 0 bridgehead atoms. The molecule has 0 spiro atoms. The van der Waals surface area contributed by atoms with Crippen molar-refractivity contribution in [3.8, 4) is 5.75 Å². The van der Waals surface area contributed by atoms with Crippen molar-refractivity contribution in [3.05, 3.63) is 35.7 Å². The summed E-state index contributed by atoms with van der Waals surface area (Å²) in [5.74, 6) is 8.67. The van der Waals surface area contributed by atoms with Gasteiger partial charge in [0, 0.05) is 11.7 Å². The number of aryl methyl sites for hydroxylation is 1. The molecule has 5 nitrogen and oxygen atoms in total. The van der Waals surface area contributed by atoms with Gasteiger partial charge in [0.05, 0.1) is 6.61 Å². The van der Waals surface area contributed by atoms with E-state index in [1.165, 1.54) is 5.56 Å².